The number of benzene rings is 1. The Labute approximate surface area is 145 Å². The Kier molecular flexibility index (Phi) is 5.48. The van der Waals surface area contributed by atoms with E-state index in [2.05, 4.69) is 25.8 Å². The maximum absolute atomic E-state index is 11.6. The summed E-state index contributed by atoms with van der Waals surface area (Å²) < 4.78 is 0. The predicted molar refractivity (Wildman–Crippen MR) is 94.4 cm³/mol. The second-order valence-electron chi connectivity index (χ2n) is 5.63. The van der Waals surface area contributed by atoms with Crippen LogP contribution < -0.4 is 22.1 Å². The Balaban J connectivity index is 2.36. The normalized spacial score (nSPS) is 11.6. The number of nitrogens with zero attached hydrogens (tertiary/aromatic N) is 3. The number of rotatable bonds is 7. The van der Waals surface area contributed by atoms with Crippen molar-refractivity contribution in [3.8, 4) is 0 Å². The van der Waals surface area contributed by atoms with Gasteiger partial charge < -0.3 is 22.1 Å². The third-order valence-electron chi connectivity index (χ3n) is 3.74. The van der Waals surface area contributed by atoms with Crippen LogP contribution in [0.5, 0.6) is 0 Å². The number of hydrogen-bond acceptors (Lipinski definition) is 7. The molecular weight excluding hydrogens is 322 g/mol. The molecule has 132 valence electrons. The zero-order valence-corrected chi connectivity index (χ0v) is 14.3. The molecule has 0 unspecified atom stereocenters. The van der Waals surface area contributed by atoms with Gasteiger partial charge in [0.05, 0.1) is 0 Å². The molecule has 0 radical (unpaired) electrons. The SMILES string of the molecule is CC[C@@H](Nc1nnc(C(N)=O)c(Nc2ccc(C)c(C)c2)n1)C(N)=O. The lowest BCUT2D eigenvalue weighted by Crippen LogP contribution is -2.35. The molecule has 25 heavy (non-hydrogen) atoms. The molecule has 6 N–H and O–H groups in total. The summed E-state index contributed by atoms with van der Waals surface area (Å²) in [6.07, 6.45) is 0.455. The molecule has 0 aliphatic heterocycles. The minimum absolute atomic E-state index is 0.0713. The first kappa shape index (κ1) is 18.1. The van der Waals surface area contributed by atoms with Gasteiger partial charge in [-0.15, -0.1) is 10.2 Å². The van der Waals surface area contributed by atoms with Gasteiger partial charge in [0.15, 0.2) is 11.5 Å². The van der Waals surface area contributed by atoms with Crippen molar-refractivity contribution in [1.29, 1.82) is 0 Å². The van der Waals surface area contributed by atoms with Crippen molar-refractivity contribution >= 4 is 29.3 Å². The standard InChI is InChI=1S/C16H21N7O2/c1-4-11(13(17)24)20-16-21-15(12(14(18)25)22-23-16)19-10-6-5-8(2)9(3)7-10/h5-7,11H,4H2,1-3H3,(H2,17,24)(H2,18,25)(H2,19,20,21,23)/t11-/m1/s1. The lowest BCUT2D eigenvalue weighted by atomic mass is 10.1. The van der Waals surface area contributed by atoms with Crippen LogP contribution in [0.15, 0.2) is 18.2 Å². The first-order chi connectivity index (χ1) is 11.8. The number of nitrogens with one attached hydrogen (secondary N) is 2. The number of hydrogen-bond donors (Lipinski definition) is 4. The number of aryl methyl sites for hydroxylation is 2. The van der Waals surface area contributed by atoms with E-state index in [4.69, 9.17) is 11.5 Å². The number of carbonyl (C=O) groups excluding carboxylic acids is 2. The maximum Gasteiger partial charge on any atom is 0.273 e. The van der Waals surface area contributed by atoms with E-state index < -0.39 is 17.9 Å². The van der Waals surface area contributed by atoms with Crippen molar-refractivity contribution in [1.82, 2.24) is 15.2 Å². The molecule has 1 atom stereocenters. The zero-order valence-electron chi connectivity index (χ0n) is 14.3. The molecule has 0 aliphatic rings. The quantitative estimate of drug-likeness (QED) is 0.586. The fraction of sp³-hybridized carbons (Fsp3) is 0.312. The van der Waals surface area contributed by atoms with Gasteiger partial charge >= 0.3 is 0 Å². The molecule has 0 aliphatic carbocycles. The number of nitrogens with two attached hydrogens (primary N) is 2. The average Bonchev–Trinajstić information content (AvgIpc) is 2.55. The highest BCUT2D eigenvalue weighted by molar-refractivity contribution is 5.96. The minimum Gasteiger partial charge on any atom is -0.368 e. The van der Waals surface area contributed by atoms with Crippen molar-refractivity contribution in [2.75, 3.05) is 10.6 Å². The summed E-state index contributed by atoms with van der Waals surface area (Å²) >= 11 is 0. The van der Waals surface area contributed by atoms with Crippen LogP contribution in [0.25, 0.3) is 0 Å². The minimum atomic E-state index is -0.764. The van der Waals surface area contributed by atoms with Crippen LogP contribution in [0.1, 0.15) is 35.0 Å². The van der Waals surface area contributed by atoms with Crippen LogP contribution in [0.4, 0.5) is 17.5 Å². The Morgan fingerprint density at radius 1 is 1.16 bits per heavy atom. The van der Waals surface area contributed by atoms with Crippen LogP contribution in [-0.4, -0.2) is 33.0 Å². The van der Waals surface area contributed by atoms with E-state index in [1.54, 1.807) is 6.92 Å². The topological polar surface area (TPSA) is 149 Å². The van der Waals surface area contributed by atoms with Gasteiger partial charge in [-0.2, -0.15) is 4.98 Å². The molecule has 1 aromatic carbocycles. The number of anilines is 3. The molecule has 1 heterocycles. The molecule has 9 heteroatoms. The second-order valence-corrected chi connectivity index (χ2v) is 5.63. The van der Waals surface area contributed by atoms with Gasteiger partial charge in [-0.3, -0.25) is 9.59 Å². The molecule has 0 saturated carbocycles. The van der Waals surface area contributed by atoms with Gasteiger partial charge in [0.25, 0.3) is 5.91 Å². The Morgan fingerprint density at radius 2 is 1.88 bits per heavy atom. The molecule has 9 nitrogen and oxygen atoms in total. The molecule has 2 rings (SSSR count). The third kappa shape index (κ3) is 4.40. The largest absolute Gasteiger partial charge is 0.368 e. The summed E-state index contributed by atoms with van der Waals surface area (Å²) in [4.78, 5) is 27.1. The van der Waals surface area contributed by atoms with Crippen LogP contribution in [0.2, 0.25) is 0 Å². The van der Waals surface area contributed by atoms with Gasteiger partial charge in [-0.05, 0) is 43.5 Å². The zero-order chi connectivity index (χ0) is 18.6. The highest BCUT2D eigenvalue weighted by Crippen LogP contribution is 2.21. The van der Waals surface area contributed by atoms with Gasteiger partial charge in [0.2, 0.25) is 11.9 Å². The molecule has 0 saturated heterocycles. The van der Waals surface area contributed by atoms with E-state index in [1.165, 1.54) is 0 Å². The third-order valence-corrected chi connectivity index (χ3v) is 3.74. The monoisotopic (exact) mass is 343 g/mol. The first-order valence-corrected chi connectivity index (χ1v) is 7.76. The highest BCUT2D eigenvalue weighted by Gasteiger charge is 2.18. The molecule has 1 aromatic heterocycles. The maximum atomic E-state index is 11.6. The Morgan fingerprint density at radius 3 is 2.44 bits per heavy atom. The molecule has 2 amide bonds. The summed E-state index contributed by atoms with van der Waals surface area (Å²) in [5.41, 5.74) is 13.5. The van der Waals surface area contributed by atoms with Crippen molar-refractivity contribution < 1.29 is 9.59 Å². The van der Waals surface area contributed by atoms with Gasteiger partial charge in [-0.1, -0.05) is 13.0 Å². The van der Waals surface area contributed by atoms with Crippen molar-refractivity contribution in [2.45, 2.75) is 33.2 Å². The fourth-order valence-electron chi connectivity index (χ4n) is 2.13. The van der Waals surface area contributed by atoms with E-state index in [1.807, 2.05) is 32.0 Å². The van der Waals surface area contributed by atoms with Crippen LogP contribution >= 0.6 is 0 Å². The summed E-state index contributed by atoms with van der Waals surface area (Å²) in [5, 5.41) is 13.4. The molecule has 0 spiro atoms. The number of primary amides is 2. The van der Waals surface area contributed by atoms with Gasteiger partial charge in [-0.25, -0.2) is 0 Å². The number of aromatic nitrogens is 3. The van der Waals surface area contributed by atoms with Crippen molar-refractivity contribution in [3.63, 3.8) is 0 Å². The second kappa shape index (κ2) is 7.56. The van der Waals surface area contributed by atoms with Crippen LogP contribution in [0, 0.1) is 13.8 Å². The van der Waals surface area contributed by atoms with Gasteiger partial charge in [0.1, 0.15) is 6.04 Å². The number of amides is 2. The van der Waals surface area contributed by atoms with E-state index in [0.29, 0.717) is 6.42 Å². The summed E-state index contributed by atoms with van der Waals surface area (Å²) in [5.74, 6) is -1.08. The van der Waals surface area contributed by atoms with E-state index >= 15 is 0 Å². The van der Waals surface area contributed by atoms with Crippen LogP contribution in [0.3, 0.4) is 0 Å². The summed E-state index contributed by atoms with van der Waals surface area (Å²) in [7, 11) is 0. The highest BCUT2D eigenvalue weighted by atomic mass is 16.1. The predicted octanol–water partition coefficient (Wildman–Crippen LogP) is 1.01. The smallest absolute Gasteiger partial charge is 0.273 e. The number of carbonyl (C=O) groups is 2. The van der Waals surface area contributed by atoms with Crippen molar-refractivity contribution in [3.05, 3.63) is 35.0 Å². The van der Waals surface area contributed by atoms with Crippen LogP contribution in [-0.2, 0) is 4.79 Å². The van der Waals surface area contributed by atoms with E-state index in [-0.39, 0.29) is 17.5 Å². The molecule has 0 fully saturated rings. The molecular formula is C16H21N7O2. The molecule has 2 aromatic rings. The summed E-state index contributed by atoms with van der Waals surface area (Å²) in [6, 6.07) is 5.06. The molecule has 0 bridgehead atoms. The Bertz CT molecular complexity index is 807. The van der Waals surface area contributed by atoms with E-state index in [0.717, 1.165) is 16.8 Å². The Hall–Kier alpha value is -3.23. The van der Waals surface area contributed by atoms with E-state index in [9.17, 15) is 9.59 Å². The lowest BCUT2D eigenvalue weighted by molar-refractivity contribution is -0.118. The average molecular weight is 343 g/mol. The summed E-state index contributed by atoms with van der Waals surface area (Å²) in [6.45, 7) is 5.76. The first-order valence-electron chi connectivity index (χ1n) is 7.76. The fourth-order valence-corrected chi connectivity index (χ4v) is 2.13. The van der Waals surface area contributed by atoms with Crippen molar-refractivity contribution in [2.24, 2.45) is 11.5 Å². The van der Waals surface area contributed by atoms with Gasteiger partial charge in [0, 0.05) is 5.69 Å². The lowest BCUT2D eigenvalue weighted by Gasteiger charge is -2.15.